The van der Waals surface area contributed by atoms with Crippen LogP contribution in [0.25, 0.3) is 0 Å². The summed E-state index contributed by atoms with van der Waals surface area (Å²) in [6, 6.07) is 1.57. The minimum absolute atomic E-state index is 0.394. The van der Waals surface area contributed by atoms with E-state index in [0.29, 0.717) is 12.2 Å². The van der Waals surface area contributed by atoms with Crippen LogP contribution < -0.4 is 4.72 Å². The van der Waals surface area contributed by atoms with Gasteiger partial charge in [0.25, 0.3) is 5.91 Å². The van der Waals surface area contributed by atoms with Crippen LogP contribution in [0.4, 0.5) is 0 Å². The Morgan fingerprint density at radius 2 is 2.43 bits per heavy atom. The summed E-state index contributed by atoms with van der Waals surface area (Å²) in [6.45, 7) is 2.47. The first-order valence-corrected chi connectivity index (χ1v) is 6.23. The Morgan fingerprint density at radius 1 is 1.79 bits per heavy atom. The number of nitrogens with zero attached hydrogens (tertiary/aromatic N) is 2. The van der Waals surface area contributed by atoms with Crippen LogP contribution in [-0.4, -0.2) is 32.0 Å². The fourth-order valence-electron chi connectivity index (χ4n) is 1.03. The van der Waals surface area contributed by atoms with E-state index < -0.39 is 15.6 Å². The summed E-state index contributed by atoms with van der Waals surface area (Å²) in [5.74, 6) is 2.93. The first-order chi connectivity index (χ1) is 6.44. The van der Waals surface area contributed by atoms with Crippen molar-refractivity contribution in [1.82, 2.24) is 14.5 Å². The van der Waals surface area contributed by atoms with Crippen LogP contribution in [0.1, 0.15) is 17.4 Å². The molecule has 0 aliphatic rings. The number of nitrogens with one attached hydrogen (secondary N) is 1. The lowest BCUT2D eigenvalue weighted by Gasteiger charge is -2.06. The number of carbonyl (C=O) groups is 1. The lowest BCUT2D eigenvalue weighted by Crippen LogP contribution is -2.31. The maximum absolute atomic E-state index is 11.5. The third-order valence-electron chi connectivity index (χ3n) is 1.56. The van der Waals surface area contributed by atoms with Gasteiger partial charge in [-0.05, 0) is 18.9 Å². The second-order valence-electron chi connectivity index (χ2n) is 2.97. The van der Waals surface area contributed by atoms with Crippen molar-refractivity contribution in [1.29, 1.82) is 0 Å². The van der Waals surface area contributed by atoms with Gasteiger partial charge >= 0.3 is 0 Å². The normalized spacial score (nSPS) is 14.7. The van der Waals surface area contributed by atoms with E-state index >= 15 is 0 Å². The molecule has 5 nitrogen and oxygen atoms in total. The van der Waals surface area contributed by atoms with E-state index in [-0.39, 0.29) is 0 Å². The number of aryl methyl sites for hydroxylation is 1. The maximum atomic E-state index is 11.5. The zero-order valence-electron chi connectivity index (χ0n) is 8.19. The van der Waals surface area contributed by atoms with Crippen molar-refractivity contribution >= 4 is 21.5 Å². The van der Waals surface area contributed by atoms with Crippen LogP contribution in [0, 0.1) is 0 Å². The summed E-state index contributed by atoms with van der Waals surface area (Å²) in [4.78, 5) is 11.5. The van der Waals surface area contributed by atoms with Gasteiger partial charge in [0.1, 0.15) is 5.69 Å². The molecule has 0 bridgehead atoms. The molecule has 0 radical (unpaired) electrons. The Hall–Kier alpha value is -1.30. The molecule has 14 heavy (non-hydrogen) atoms. The molecule has 1 amide bonds. The highest BCUT2D eigenvalue weighted by atomic mass is 32.2. The lowest BCUT2D eigenvalue weighted by atomic mass is 10.4. The Balaban J connectivity index is 2.90. The van der Waals surface area contributed by atoms with Crippen molar-refractivity contribution in [3.05, 3.63) is 18.0 Å². The molecule has 1 rings (SSSR count). The van der Waals surface area contributed by atoms with Gasteiger partial charge in [-0.15, -0.1) is 0 Å². The van der Waals surface area contributed by atoms with Crippen molar-refractivity contribution in [3.8, 4) is 0 Å². The number of carbonyl (C=O) groups excluding carboxylic acids is 1. The Labute approximate surface area is 83.3 Å². The fourth-order valence-corrected chi connectivity index (χ4v) is 1.52. The number of hydrogen-bond donors (Lipinski definition) is 1. The average Bonchev–Trinajstić information content (AvgIpc) is 2.47. The minimum Gasteiger partial charge on any atom is -0.278 e. The van der Waals surface area contributed by atoms with Crippen molar-refractivity contribution in [2.45, 2.75) is 13.5 Å². The Bertz CT molecular complexity index is 433. The molecule has 1 unspecified atom stereocenters. The largest absolute Gasteiger partial charge is 0.280 e. The molecule has 1 aromatic rings. The average molecular weight is 215 g/mol. The topological polar surface area (TPSA) is 64.0 Å². The molecule has 1 heterocycles. The van der Waals surface area contributed by atoms with Crippen molar-refractivity contribution in [3.63, 3.8) is 0 Å². The highest BCUT2D eigenvalue weighted by Gasteiger charge is 2.12. The maximum Gasteiger partial charge on any atom is 0.280 e. The number of rotatable bonds is 3. The molecule has 6 heteroatoms. The highest BCUT2D eigenvalue weighted by Crippen LogP contribution is 1.98. The third-order valence-corrected chi connectivity index (χ3v) is 2.17. The first-order valence-electron chi connectivity index (χ1n) is 4.10. The monoisotopic (exact) mass is 215 g/mol. The number of hydrogen-bond acceptors (Lipinski definition) is 3. The predicted molar refractivity (Wildman–Crippen MR) is 56.6 cm³/mol. The molecule has 0 fully saturated rings. The molecule has 0 aliphatic heterocycles. The van der Waals surface area contributed by atoms with E-state index in [1.807, 2.05) is 6.92 Å². The molecular weight excluding hydrogens is 202 g/mol. The molecule has 0 saturated carbocycles. The molecular formula is C8H13N3O2S. The molecule has 0 spiro atoms. The van der Waals surface area contributed by atoms with E-state index in [0.717, 1.165) is 0 Å². The van der Waals surface area contributed by atoms with E-state index in [2.05, 4.69) is 15.7 Å². The fraction of sp³-hybridized carbons (Fsp3) is 0.375. The van der Waals surface area contributed by atoms with Crippen LogP contribution >= 0.6 is 0 Å². The molecule has 1 atom stereocenters. The van der Waals surface area contributed by atoms with Gasteiger partial charge in [0.05, 0.1) is 0 Å². The summed E-state index contributed by atoms with van der Waals surface area (Å²) in [6.07, 6.45) is 2.90. The van der Waals surface area contributed by atoms with Gasteiger partial charge in [-0.25, -0.2) is 4.21 Å². The van der Waals surface area contributed by atoms with Gasteiger partial charge in [0.15, 0.2) is 0 Å². The van der Waals surface area contributed by atoms with Crippen LogP contribution in [0.3, 0.4) is 0 Å². The van der Waals surface area contributed by atoms with Crippen molar-refractivity contribution in [2.75, 3.05) is 6.26 Å². The number of amides is 1. The standard InChI is InChI=1S/C8H13N3O2S/c1-4-11-7(5-6-9-11)8(12)10-14(2,3)13/h5-6H,2,4H2,1,3H3,(H,10,12,13). The molecule has 0 aromatic carbocycles. The van der Waals surface area contributed by atoms with E-state index in [9.17, 15) is 9.00 Å². The van der Waals surface area contributed by atoms with Gasteiger partial charge < -0.3 is 0 Å². The van der Waals surface area contributed by atoms with Crippen molar-refractivity contribution in [2.24, 2.45) is 0 Å². The van der Waals surface area contributed by atoms with Crippen LogP contribution in [-0.2, 0) is 16.3 Å². The Morgan fingerprint density at radius 3 is 2.93 bits per heavy atom. The second kappa shape index (κ2) is 3.83. The highest BCUT2D eigenvalue weighted by molar-refractivity contribution is 7.98. The first kappa shape index (κ1) is 10.8. The molecule has 0 saturated heterocycles. The zero-order chi connectivity index (χ0) is 10.8. The zero-order valence-corrected chi connectivity index (χ0v) is 9.00. The quantitative estimate of drug-likeness (QED) is 0.716. The van der Waals surface area contributed by atoms with E-state index in [1.165, 1.54) is 17.1 Å². The minimum atomic E-state index is -2.52. The third kappa shape index (κ3) is 2.59. The summed E-state index contributed by atoms with van der Waals surface area (Å²) in [5.41, 5.74) is 0.394. The molecule has 1 N–H and O–H groups in total. The summed E-state index contributed by atoms with van der Waals surface area (Å²) in [7, 11) is -2.52. The summed E-state index contributed by atoms with van der Waals surface area (Å²) in [5, 5.41) is 3.93. The van der Waals surface area contributed by atoms with Crippen LogP contribution in [0.2, 0.25) is 0 Å². The molecule has 0 aliphatic carbocycles. The SMILES string of the molecule is C=S(C)(=O)NC(=O)c1ccnn1CC. The number of aromatic nitrogens is 2. The summed E-state index contributed by atoms with van der Waals surface area (Å²) < 4.78 is 15.1. The lowest BCUT2D eigenvalue weighted by molar-refractivity contribution is 0.0972. The molecule has 1 aromatic heterocycles. The van der Waals surface area contributed by atoms with Crippen molar-refractivity contribution < 1.29 is 9.00 Å². The smallest absolute Gasteiger partial charge is 0.278 e. The Kier molecular flexibility index (Phi) is 2.95. The van der Waals surface area contributed by atoms with E-state index in [4.69, 9.17) is 0 Å². The van der Waals surface area contributed by atoms with Gasteiger partial charge in [-0.3, -0.25) is 14.2 Å². The second-order valence-corrected chi connectivity index (χ2v) is 5.18. The predicted octanol–water partition coefficient (Wildman–Crippen LogP) is -0.106. The van der Waals surface area contributed by atoms with Crippen LogP contribution in [0.5, 0.6) is 0 Å². The molecule has 78 valence electrons. The van der Waals surface area contributed by atoms with Gasteiger partial charge in [-0.2, -0.15) is 5.10 Å². The van der Waals surface area contributed by atoms with Gasteiger partial charge in [0.2, 0.25) is 0 Å². The summed E-state index contributed by atoms with van der Waals surface area (Å²) >= 11 is 0. The van der Waals surface area contributed by atoms with Crippen LogP contribution in [0.15, 0.2) is 12.3 Å². The van der Waals surface area contributed by atoms with Gasteiger partial charge in [-0.1, -0.05) is 0 Å². The van der Waals surface area contributed by atoms with E-state index in [1.54, 1.807) is 6.07 Å². The van der Waals surface area contributed by atoms with Gasteiger partial charge in [0, 0.05) is 28.7 Å².